The molecule has 4 nitrogen and oxygen atoms in total. The van der Waals surface area contributed by atoms with E-state index >= 15 is 0 Å². The van der Waals surface area contributed by atoms with Gasteiger partial charge in [-0.05, 0) is 56.6 Å². The molecule has 0 aromatic heterocycles. The Hall–Kier alpha value is -1.55. The highest BCUT2D eigenvalue weighted by atomic mass is 16.2. The number of carbonyl (C=O) groups is 1. The Labute approximate surface area is 121 Å². The molecule has 4 heteroatoms. The van der Waals surface area contributed by atoms with Crippen LogP contribution >= 0.6 is 0 Å². The second kappa shape index (κ2) is 6.75. The maximum Gasteiger partial charge on any atom is 0.226 e. The van der Waals surface area contributed by atoms with Gasteiger partial charge in [-0.2, -0.15) is 0 Å². The number of nitrogen functional groups attached to an aromatic ring is 1. The lowest BCUT2D eigenvalue weighted by molar-refractivity contribution is -0.129. The maximum absolute atomic E-state index is 12.2. The third kappa shape index (κ3) is 4.23. The minimum absolute atomic E-state index is 0.189. The van der Waals surface area contributed by atoms with Crippen molar-refractivity contribution in [1.29, 1.82) is 0 Å². The summed E-state index contributed by atoms with van der Waals surface area (Å²) in [5.74, 6) is 0.834. The number of anilines is 1. The maximum atomic E-state index is 12.2. The van der Waals surface area contributed by atoms with Crippen LogP contribution in [0.4, 0.5) is 5.69 Å². The first-order chi connectivity index (χ1) is 9.54. The van der Waals surface area contributed by atoms with Gasteiger partial charge in [0, 0.05) is 19.3 Å². The molecule has 0 radical (unpaired) electrons. The lowest BCUT2D eigenvalue weighted by Crippen LogP contribution is -2.38. The second-order valence-electron chi connectivity index (χ2n) is 5.94. The van der Waals surface area contributed by atoms with Crippen molar-refractivity contribution >= 4 is 11.6 Å². The van der Waals surface area contributed by atoms with Crippen LogP contribution in [0.2, 0.25) is 0 Å². The van der Waals surface area contributed by atoms with Crippen LogP contribution in [-0.2, 0) is 11.2 Å². The van der Waals surface area contributed by atoms with Crippen LogP contribution in [-0.4, -0.2) is 49.4 Å². The van der Waals surface area contributed by atoms with Gasteiger partial charge >= 0.3 is 0 Å². The molecule has 0 aliphatic carbocycles. The standard InChI is InChI=1S/C16H25N3O/c1-18-9-7-14(8-10-18)12-19(2)16(20)11-13-3-5-15(17)6-4-13/h3-6,14H,7-12,17H2,1-2H3. The molecule has 1 fully saturated rings. The number of nitrogens with zero attached hydrogens (tertiary/aromatic N) is 2. The normalized spacial score (nSPS) is 17.1. The molecule has 0 bridgehead atoms. The van der Waals surface area contributed by atoms with Gasteiger partial charge in [-0.1, -0.05) is 12.1 Å². The minimum Gasteiger partial charge on any atom is -0.399 e. The van der Waals surface area contributed by atoms with Gasteiger partial charge in [0.25, 0.3) is 0 Å². The first-order valence-corrected chi connectivity index (χ1v) is 7.31. The predicted octanol–water partition coefficient (Wildman–Crippen LogP) is 1.61. The highest BCUT2D eigenvalue weighted by Crippen LogP contribution is 2.17. The molecule has 1 heterocycles. The Bertz CT molecular complexity index is 436. The van der Waals surface area contributed by atoms with Crippen molar-refractivity contribution in [2.45, 2.75) is 19.3 Å². The number of likely N-dealkylation sites (N-methyl/N-ethyl adjacent to an activating group) is 1. The van der Waals surface area contributed by atoms with Gasteiger partial charge in [0.2, 0.25) is 5.91 Å². The monoisotopic (exact) mass is 275 g/mol. The van der Waals surface area contributed by atoms with Crippen LogP contribution in [0.15, 0.2) is 24.3 Å². The first kappa shape index (κ1) is 14.9. The average molecular weight is 275 g/mol. The van der Waals surface area contributed by atoms with Crippen molar-refractivity contribution < 1.29 is 4.79 Å². The van der Waals surface area contributed by atoms with Gasteiger partial charge in [0.15, 0.2) is 0 Å². The zero-order chi connectivity index (χ0) is 14.5. The zero-order valence-corrected chi connectivity index (χ0v) is 12.5. The van der Waals surface area contributed by atoms with Gasteiger partial charge < -0.3 is 15.5 Å². The number of hydrogen-bond donors (Lipinski definition) is 1. The van der Waals surface area contributed by atoms with E-state index in [1.807, 2.05) is 36.2 Å². The number of benzene rings is 1. The van der Waals surface area contributed by atoms with Crippen molar-refractivity contribution in [3.05, 3.63) is 29.8 Å². The number of piperidine rings is 1. The van der Waals surface area contributed by atoms with Crippen LogP contribution in [0.1, 0.15) is 18.4 Å². The molecule has 110 valence electrons. The van der Waals surface area contributed by atoms with Gasteiger partial charge in [0.05, 0.1) is 6.42 Å². The molecule has 1 aliphatic rings. The quantitative estimate of drug-likeness (QED) is 0.849. The Morgan fingerprint density at radius 1 is 1.30 bits per heavy atom. The van der Waals surface area contributed by atoms with Crippen molar-refractivity contribution in [2.24, 2.45) is 5.92 Å². The van der Waals surface area contributed by atoms with Gasteiger partial charge in [-0.25, -0.2) is 0 Å². The van der Waals surface area contributed by atoms with E-state index in [0.717, 1.165) is 30.9 Å². The van der Waals surface area contributed by atoms with Crippen LogP contribution < -0.4 is 5.73 Å². The molecule has 1 aromatic rings. The van der Waals surface area contributed by atoms with E-state index in [9.17, 15) is 4.79 Å². The number of hydrogen-bond acceptors (Lipinski definition) is 3. The SMILES string of the molecule is CN1CCC(CN(C)C(=O)Cc2ccc(N)cc2)CC1. The van der Waals surface area contributed by atoms with Gasteiger partial charge in [-0.15, -0.1) is 0 Å². The highest BCUT2D eigenvalue weighted by Gasteiger charge is 2.20. The summed E-state index contributed by atoms with van der Waals surface area (Å²) >= 11 is 0. The Kier molecular flexibility index (Phi) is 5.01. The van der Waals surface area contributed by atoms with Gasteiger partial charge in [0.1, 0.15) is 0 Å². The molecule has 1 aromatic carbocycles. The molecule has 0 atom stereocenters. The van der Waals surface area contributed by atoms with Crippen LogP contribution in [0, 0.1) is 5.92 Å². The summed E-state index contributed by atoms with van der Waals surface area (Å²) in [5.41, 5.74) is 7.42. The summed E-state index contributed by atoms with van der Waals surface area (Å²) in [5, 5.41) is 0. The number of rotatable bonds is 4. The summed E-state index contributed by atoms with van der Waals surface area (Å²) in [6.45, 7) is 3.16. The van der Waals surface area contributed by atoms with Crippen molar-refractivity contribution in [3.63, 3.8) is 0 Å². The molecular formula is C16H25N3O. The molecule has 2 rings (SSSR count). The average Bonchev–Trinajstić information content (AvgIpc) is 2.44. The summed E-state index contributed by atoms with van der Waals surface area (Å²) in [4.78, 5) is 16.5. The second-order valence-corrected chi connectivity index (χ2v) is 5.94. The topological polar surface area (TPSA) is 49.6 Å². The number of amides is 1. The molecule has 1 amide bonds. The van der Waals surface area contributed by atoms with E-state index in [0.29, 0.717) is 12.3 Å². The fraction of sp³-hybridized carbons (Fsp3) is 0.562. The minimum atomic E-state index is 0.189. The molecule has 2 N–H and O–H groups in total. The van der Waals surface area contributed by atoms with E-state index < -0.39 is 0 Å². The van der Waals surface area contributed by atoms with Crippen LogP contribution in [0.25, 0.3) is 0 Å². The van der Waals surface area contributed by atoms with Crippen molar-refractivity contribution in [1.82, 2.24) is 9.80 Å². The molecular weight excluding hydrogens is 250 g/mol. The fourth-order valence-corrected chi connectivity index (χ4v) is 2.68. The summed E-state index contributed by atoms with van der Waals surface area (Å²) < 4.78 is 0. The van der Waals surface area contributed by atoms with Crippen LogP contribution in [0.5, 0.6) is 0 Å². The van der Waals surface area contributed by atoms with E-state index in [4.69, 9.17) is 5.73 Å². The van der Waals surface area contributed by atoms with Crippen molar-refractivity contribution in [3.8, 4) is 0 Å². The number of likely N-dealkylation sites (tertiary alicyclic amines) is 1. The van der Waals surface area contributed by atoms with E-state index in [1.165, 1.54) is 12.8 Å². The fourth-order valence-electron chi connectivity index (χ4n) is 2.68. The van der Waals surface area contributed by atoms with E-state index in [-0.39, 0.29) is 5.91 Å². The Morgan fingerprint density at radius 2 is 1.90 bits per heavy atom. The molecule has 0 spiro atoms. The smallest absolute Gasteiger partial charge is 0.226 e. The van der Waals surface area contributed by atoms with E-state index in [2.05, 4.69) is 11.9 Å². The van der Waals surface area contributed by atoms with Crippen LogP contribution in [0.3, 0.4) is 0 Å². The summed E-state index contributed by atoms with van der Waals surface area (Å²) in [7, 11) is 4.07. The first-order valence-electron chi connectivity index (χ1n) is 7.31. The third-order valence-corrected chi connectivity index (χ3v) is 4.13. The zero-order valence-electron chi connectivity index (χ0n) is 12.5. The largest absolute Gasteiger partial charge is 0.399 e. The predicted molar refractivity (Wildman–Crippen MR) is 82.4 cm³/mol. The third-order valence-electron chi connectivity index (χ3n) is 4.13. The highest BCUT2D eigenvalue weighted by molar-refractivity contribution is 5.78. The molecule has 20 heavy (non-hydrogen) atoms. The molecule has 1 aliphatic heterocycles. The summed E-state index contributed by atoms with van der Waals surface area (Å²) in [6.07, 6.45) is 2.84. The molecule has 0 unspecified atom stereocenters. The number of carbonyl (C=O) groups excluding carboxylic acids is 1. The molecule has 0 saturated carbocycles. The van der Waals surface area contributed by atoms with Gasteiger partial charge in [-0.3, -0.25) is 4.79 Å². The Balaban J connectivity index is 1.81. The molecule has 1 saturated heterocycles. The van der Waals surface area contributed by atoms with E-state index in [1.54, 1.807) is 0 Å². The Morgan fingerprint density at radius 3 is 2.50 bits per heavy atom. The van der Waals surface area contributed by atoms with Crippen molar-refractivity contribution in [2.75, 3.05) is 39.5 Å². The lowest BCUT2D eigenvalue weighted by atomic mass is 9.96. The summed E-state index contributed by atoms with van der Waals surface area (Å²) in [6, 6.07) is 7.55. The lowest BCUT2D eigenvalue weighted by Gasteiger charge is -2.31. The number of nitrogens with two attached hydrogens (primary N) is 1.